The molecule has 36 heavy (non-hydrogen) atoms. The number of ether oxygens (including phenoxy) is 1. The quantitative estimate of drug-likeness (QED) is 0.492. The van der Waals surface area contributed by atoms with E-state index in [0.717, 1.165) is 18.5 Å². The molecule has 7 heteroatoms. The number of imide groups is 1. The number of amides is 3. The molecule has 1 saturated heterocycles. The lowest BCUT2D eigenvalue weighted by molar-refractivity contribution is -0.121. The Kier molecular flexibility index (Phi) is 7.11. The van der Waals surface area contributed by atoms with Gasteiger partial charge < -0.3 is 10.1 Å². The molecule has 0 bridgehead atoms. The maximum absolute atomic E-state index is 13.0. The molecular weight excluding hydrogens is 454 g/mol. The first-order valence-corrected chi connectivity index (χ1v) is 12.6. The van der Waals surface area contributed by atoms with Crippen LogP contribution in [-0.4, -0.2) is 66.9 Å². The molecule has 2 heterocycles. The molecule has 3 aromatic carbocycles. The van der Waals surface area contributed by atoms with E-state index in [1.807, 2.05) is 24.3 Å². The highest BCUT2D eigenvalue weighted by Gasteiger charge is 2.32. The molecule has 1 fully saturated rings. The Hall–Kier alpha value is -3.55. The number of carbonyl (C=O) groups excluding carboxylic acids is 3. The van der Waals surface area contributed by atoms with Crippen molar-refractivity contribution in [2.24, 2.45) is 0 Å². The number of nitrogens with one attached hydrogen (secondary N) is 1. The minimum Gasteiger partial charge on any atom is -0.379 e. The van der Waals surface area contributed by atoms with Crippen molar-refractivity contribution < 1.29 is 19.1 Å². The van der Waals surface area contributed by atoms with Crippen LogP contribution in [0, 0.1) is 6.92 Å². The average molecular weight is 486 g/mol. The van der Waals surface area contributed by atoms with Crippen LogP contribution in [0.1, 0.15) is 50.7 Å². The minimum absolute atomic E-state index is 0.0701. The zero-order valence-electron chi connectivity index (χ0n) is 20.5. The molecule has 0 spiro atoms. The van der Waals surface area contributed by atoms with Crippen molar-refractivity contribution in [3.63, 3.8) is 0 Å². The molecule has 3 amide bonds. The number of rotatable bonds is 8. The van der Waals surface area contributed by atoms with E-state index in [1.54, 1.807) is 12.1 Å². The Morgan fingerprint density at radius 2 is 1.58 bits per heavy atom. The van der Waals surface area contributed by atoms with Crippen LogP contribution in [0.4, 0.5) is 0 Å². The summed E-state index contributed by atoms with van der Waals surface area (Å²) in [6, 6.07) is 19.5. The van der Waals surface area contributed by atoms with Crippen LogP contribution >= 0.6 is 0 Å². The van der Waals surface area contributed by atoms with Crippen molar-refractivity contribution in [2.75, 3.05) is 39.4 Å². The summed E-state index contributed by atoms with van der Waals surface area (Å²) < 4.78 is 5.51. The van der Waals surface area contributed by atoms with Gasteiger partial charge in [0.15, 0.2) is 0 Å². The van der Waals surface area contributed by atoms with Gasteiger partial charge in [-0.3, -0.25) is 24.2 Å². The van der Waals surface area contributed by atoms with Gasteiger partial charge in [-0.2, -0.15) is 0 Å². The fraction of sp³-hybridized carbons (Fsp3) is 0.345. The lowest BCUT2D eigenvalue weighted by Crippen LogP contribution is -2.44. The van der Waals surface area contributed by atoms with E-state index in [1.165, 1.54) is 16.0 Å². The van der Waals surface area contributed by atoms with E-state index in [0.29, 0.717) is 42.7 Å². The predicted molar refractivity (Wildman–Crippen MR) is 138 cm³/mol. The van der Waals surface area contributed by atoms with Crippen LogP contribution in [-0.2, 0) is 9.53 Å². The standard InChI is InChI=1S/C29H31N3O4/c1-20-10-12-21(13-11-20)25(31-15-17-36-18-16-31)19-30-26(33)9-4-14-32-28(34)23-7-2-5-22-6-3-8-24(27(22)23)29(32)35/h2-3,5-8,10-13,25H,4,9,14-19H2,1H3,(H,30,33). The van der Waals surface area contributed by atoms with Crippen molar-refractivity contribution in [1.29, 1.82) is 0 Å². The lowest BCUT2D eigenvalue weighted by Gasteiger charge is -2.35. The summed E-state index contributed by atoms with van der Waals surface area (Å²) in [5.74, 6) is -0.673. The zero-order valence-corrected chi connectivity index (χ0v) is 20.5. The van der Waals surface area contributed by atoms with E-state index in [9.17, 15) is 14.4 Å². The lowest BCUT2D eigenvalue weighted by atomic mass is 9.94. The van der Waals surface area contributed by atoms with Crippen LogP contribution in [0.25, 0.3) is 10.8 Å². The van der Waals surface area contributed by atoms with Crippen LogP contribution in [0.3, 0.4) is 0 Å². The highest BCUT2D eigenvalue weighted by Crippen LogP contribution is 2.30. The van der Waals surface area contributed by atoms with E-state index in [-0.39, 0.29) is 36.7 Å². The number of hydrogen-bond donors (Lipinski definition) is 1. The third-order valence-corrected chi connectivity index (χ3v) is 7.08. The molecule has 1 N–H and O–H groups in total. The molecule has 0 aromatic heterocycles. The van der Waals surface area contributed by atoms with Crippen LogP contribution < -0.4 is 5.32 Å². The molecule has 0 radical (unpaired) electrons. The number of benzene rings is 3. The van der Waals surface area contributed by atoms with Gasteiger partial charge in [-0.05, 0) is 36.4 Å². The van der Waals surface area contributed by atoms with Gasteiger partial charge in [-0.15, -0.1) is 0 Å². The minimum atomic E-state index is -0.295. The molecule has 0 saturated carbocycles. The summed E-state index contributed by atoms with van der Waals surface area (Å²) in [6.07, 6.45) is 0.654. The molecular formula is C29H31N3O4. The van der Waals surface area contributed by atoms with Gasteiger partial charge in [0.25, 0.3) is 11.8 Å². The Balaban J connectivity index is 1.19. The van der Waals surface area contributed by atoms with Crippen molar-refractivity contribution in [1.82, 2.24) is 15.1 Å². The monoisotopic (exact) mass is 485 g/mol. The van der Waals surface area contributed by atoms with Gasteiger partial charge in [0.1, 0.15) is 0 Å². The highest BCUT2D eigenvalue weighted by atomic mass is 16.5. The Bertz CT molecular complexity index is 1230. The summed E-state index contributed by atoms with van der Waals surface area (Å²) in [6.45, 7) is 5.78. The number of nitrogens with zero attached hydrogens (tertiary/aromatic N) is 2. The molecule has 2 aliphatic rings. The number of carbonyl (C=O) groups is 3. The second-order valence-corrected chi connectivity index (χ2v) is 9.45. The molecule has 5 rings (SSSR count). The molecule has 0 aliphatic carbocycles. The van der Waals surface area contributed by atoms with Crippen LogP contribution in [0.2, 0.25) is 0 Å². The largest absolute Gasteiger partial charge is 0.379 e. The number of aryl methyl sites for hydroxylation is 1. The number of morpholine rings is 1. The van der Waals surface area contributed by atoms with Gasteiger partial charge in [-0.25, -0.2) is 0 Å². The van der Waals surface area contributed by atoms with Crippen molar-refractivity contribution in [3.05, 3.63) is 82.9 Å². The first-order valence-electron chi connectivity index (χ1n) is 12.6. The molecule has 7 nitrogen and oxygen atoms in total. The van der Waals surface area contributed by atoms with Crippen molar-refractivity contribution >= 4 is 28.5 Å². The van der Waals surface area contributed by atoms with Gasteiger partial charge in [0, 0.05) is 49.1 Å². The van der Waals surface area contributed by atoms with E-state index >= 15 is 0 Å². The van der Waals surface area contributed by atoms with Crippen LogP contribution in [0.5, 0.6) is 0 Å². The highest BCUT2D eigenvalue weighted by molar-refractivity contribution is 6.25. The maximum atomic E-state index is 13.0. The zero-order chi connectivity index (χ0) is 25.1. The van der Waals surface area contributed by atoms with Gasteiger partial charge >= 0.3 is 0 Å². The second kappa shape index (κ2) is 10.6. The smallest absolute Gasteiger partial charge is 0.261 e. The Morgan fingerprint density at radius 3 is 2.22 bits per heavy atom. The normalized spacial score (nSPS) is 16.9. The maximum Gasteiger partial charge on any atom is 0.261 e. The molecule has 2 aliphatic heterocycles. The van der Waals surface area contributed by atoms with Crippen molar-refractivity contribution in [2.45, 2.75) is 25.8 Å². The second-order valence-electron chi connectivity index (χ2n) is 9.45. The van der Waals surface area contributed by atoms with Gasteiger partial charge in [0.05, 0.1) is 19.3 Å². The van der Waals surface area contributed by atoms with Crippen LogP contribution in [0.15, 0.2) is 60.7 Å². The summed E-state index contributed by atoms with van der Waals surface area (Å²) in [4.78, 5) is 42.4. The molecule has 186 valence electrons. The Labute approximate surface area is 211 Å². The first-order chi connectivity index (χ1) is 17.5. The van der Waals surface area contributed by atoms with Crippen molar-refractivity contribution in [3.8, 4) is 0 Å². The predicted octanol–water partition coefficient (Wildman–Crippen LogP) is 3.71. The van der Waals surface area contributed by atoms with Gasteiger partial charge in [-0.1, -0.05) is 54.1 Å². The van der Waals surface area contributed by atoms with Gasteiger partial charge in [0.2, 0.25) is 5.91 Å². The fourth-order valence-electron chi connectivity index (χ4n) is 5.12. The van der Waals surface area contributed by atoms with E-state index in [2.05, 4.69) is 41.4 Å². The summed E-state index contributed by atoms with van der Waals surface area (Å²) >= 11 is 0. The third kappa shape index (κ3) is 4.90. The fourth-order valence-corrected chi connectivity index (χ4v) is 5.12. The topological polar surface area (TPSA) is 79.0 Å². The molecule has 1 atom stereocenters. The third-order valence-electron chi connectivity index (χ3n) is 7.08. The summed E-state index contributed by atoms with van der Waals surface area (Å²) in [5.41, 5.74) is 3.45. The SMILES string of the molecule is Cc1ccc(C(CNC(=O)CCCN2C(=O)c3cccc4cccc(c34)C2=O)N2CCOCC2)cc1. The Morgan fingerprint density at radius 1 is 0.944 bits per heavy atom. The van der Waals surface area contributed by atoms with E-state index < -0.39 is 0 Å². The molecule has 1 unspecified atom stereocenters. The number of hydrogen-bond acceptors (Lipinski definition) is 5. The average Bonchev–Trinajstić information content (AvgIpc) is 2.91. The first kappa shape index (κ1) is 24.2. The van der Waals surface area contributed by atoms with E-state index in [4.69, 9.17) is 4.74 Å². The molecule has 3 aromatic rings. The summed E-state index contributed by atoms with van der Waals surface area (Å²) in [5, 5.41) is 4.68. The summed E-state index contributed by atoms with van der Waals surface area (Å²) in [7, 11) is 0.